The molecule has 0 aromatic heterocycles. The van der Waals surface area contributed by atoms with E-state index in [1.165, 1.54) is 33.5 Å². The van der Waals surface area contributed by atoms with E-state index in [9.17, 15) is 12.8 Å². The molecule has 0 bridgehead atoms. The highest BCUT2D eigenvalue weighted by molar-refractivity contribution is 7.89. The molecule has 3 rings (SSSR count). The molecule has 25 heavy (non-hydrogen) atoms. The second-order valence-electron chi connectivity index (χ2n) is 6.29. The Hall–Kier alpha value is -1.47. The van der Waals surface area contributed by atoms with Gasteiger partial charge in [-0.3, -0.25) is 0 Å². The summed E-state index contributed by atoms with van der Waals surface area (Å²) in [6.45, 7) is 4.44. The summed E-state index contributed by atoms with van der Waals surface area (Å²) in [7, 11) is -3.49. The van der Waals surface area contributed by atoms with Crippen molar-refractivity contribution in [2.75, 3.05) is 26.2 Å². The van der Waals surface area contributed by atoms with E-state index in [0.717, 1.165) is 5.56 Å². The minimum atomic E-state index is -3.49. The molecular formula is C18H21ClFN2O2S+. The number of hydrogen-bond acceptors (Lipinski definition) is 2. The second kappa shape index (κ2) is 7.41. The summed E-state index contributed by atoms with van der Waals surface area (Å²) >= 11 is 5.83. The first-order chi connectivity index (χ1) is 11.9. The Morgan fingerprint density at radius 1 is 1.04 bits per heavy atom. The fourth-order valence-electron chi connectivity index (χ4n) is 3.19. The lowest BCUT2D eigenvalue weighted by atomic mass is 10.1. The molecule has 0 aliphatic carbocycles. The van der Waals surface area contributed by atoms with Gasteiger partial charge in [0.2, 0.25) is 10.0 Å². The Labute approximate surface area is 152 Å². The Balaban J connectivity index is 1.67. The SMILES string of the molecule is C[C@H](c1ccc(F)cc1)[NH+]1CCN(S(=O)(=O)c2ccc(Cl)cc2)CC1. The van der Waals surface area contributed by atoms with E-state index in [1.807, 2.05) is 0 Å². The molecule has 134 valence electrons. The van der Waals surface area contributed by atoms with Crippen molar-refractivity contribution in [2.45, 2.75) is 17.9 Å². The smallest absolute Gasteiger partial charge is 0.243 e. The molecule has 4 nitrogen and oxygen atoms in total. The Bertz CT molecular complexity index is 817. The molecule has 0 spiro atoms. The molecule has 7 heteroatoms. The van der Waals surface area contributed by atoms with Crippen molar-refractivity contribution < 1.29 is 17.7 Å². The molecule has 1 atom stereocenters. The van der Waals surface area contributed by atoms with Crippen LogP contribution < -0.4 is 4.90 Å². The maximum Gasteiger partial charge on any atom is 0.243 e. The highest BCUT2D eigenvalue weighted by Crippen LogP contribution is 2.19. The number of hydrogen-bond donors (Lipinski definition) is 1. The fraction of sp³-hybridized carbons (Fsp3) is 0.333. The molecule has 0 saturated carbocycles. The highest BCUT2D eigenvalue weighted by Gasteiger charge is 2.32. The van der Waals surface area contributed by atoms with Gasteiger partial charge in [-0.25, -0.2) is 12.8 Å². The summed E-state index contributed by atoms with van der Waals surface area (Å²) in [6.07, 6.45) is 0. The molecule has 1 heterocycles. The lowest BCUT2D eigenvalue weighted by molar-refractivity contribution is -0.933. The van der Waals surface area contributed by atoms with Crippen molar-refractivity contribution in [3.63, 3.8) is 0 Å². The first-order valence-electron chi connectivity index (χ1n) is 8.23. The summed E-state index contributed by atoms with van der Waals surface area (Å²) in [5.74, 6) is -0.246. The van der Waals surface area contributed by atoms with Gasteiger partial charge in [-0.1, -0.05) is 23.7 Å². The van der Waals surface area contributed by atoms with Crippen LogP contribution in [0.25, 0.3) is 0 Å². The number of nitrogens with zero attached hydrogens (tertiary/aromatic N) is 1. The van der Waals surface area contributed by atoms with Crippen molar-refractivity contribution in [2.24, 2.45) is 0 Å². The van der Waals surface area contributed by atoms with E-state index in [2.05, 4.69) is 6.92 Å². The van der Waals surface area contributed by atoms with Gasteiger partial charge >= 0.3 is 0 Å². The number of nitrogens with one attached hydrogen (secondary N) is 1. The summed E-state index contributed by atoms with van der Waals surface area (Å²) in [5, 5.41) is 0.515. The highest BCUT2D eigenvalue weighted by atomic mass is 35.5. The maximum absolute atomic E-state index is 13.1. The molecular weight excluding hydrogens is 363 g/mol. The van der Waals surface area contributed by atoms with Crippen LogP contribution in [0.2, 0.25) is 5.02 Å². The van der Waals surface area contributed by atoms with Crippen LogP contribution in [0.1, 0.15) is 18.5 Å². The van der Waals surface area contributed by atoms with Gasteiger partial charge in [0.05, 0.1) is 31.1 Å². The van der Waals surface area contributed by atoms with Crippen molar-refractivity contribution in [1.82, 2.24) is 4.31 Å². The van der Waals surface area contributed by atoms with E-state index < -0.39 is 10.0 Å². The quantitative estimate of drug-likeness (QED) is 0.878. The van der Waals surface area contributed by atoms with Crippen LogP contribution in [0.5, 0.6) is 0 Å². The number of halogens is 2. The summed E-state index contributed by atoms with van der Waals surface area (Å²) < 4.78 is 40.0. The van der Waals surface area contributed by atoms with E-state index in [0.29, 0.717) is 31.2 Å². The molecule has 1 saturated heterocycles. The Kier molecular flexibility index (Phi) is 5.43. The largest absolute Gasteiger partial charge is 0.327 e. The summed E-state index contributed by atoms with van der Waals surface area (Å²) in [6, 6.07) is 13.0. The van der Waals surface area contributed by atoms with Gasteiger partial charge in [-0.05, 0) is 43.3 Å². The van der Waals surface area contributed by atoms with E-state index in [4.69, 9.17) is 11.6 Å². The van der Waals surface area contributed by atoms with Crippen LogP contribution in [0.15, 0.2) is 53.4 Å². The number of piperazine rings is 1. The van der Waals surface area contributed by atoms with Crippen molar-refractivity contribution >= 4 is 21.6 Å². The first-order valence-corrected chi connectivity index (χ1v) is 10.1. The van der Waals surface area contributed by atoms with Gasteiger partial charge in [0, 0.05) is 10.6 Å². The standard InChI is InChI=1S/C18H20ClFN2O2S/c1-14(15-2-6-17(20)7-3-15)21-10-12-22(13-11-21)25(23,24)18-8-4-16(19)5-9-18/h2-9,14H,10-13H2,1H3/p+1/t14-/m1/s1. The van der Waals surface area contributed by atoms with Gasteiger partial charge in [-0.15, -0.1) is 0 Å². The third kappa shape index (κ3) is 4.03. The van der Waals surface area contributed by atoms with Gasteiger partial charge in [0.15, 0.2) is 0 Å². The van der Waals surface area contributed by atoms with Gasteiger partial charge in [0.25, 0.3) is 0 Å². The van der Waals surface area contributed by atoms with Crippen molar-refractivity contribution in [3.8, 4) is 0 Å². The van der Waals surface area contributed by atoms with Crippen LogP contribution in [0.4, 0.5) is 4.39 Å². The summed E-state index contributed by atoms with van der Waals surface area (Å²) in [5.41, 5.74) is 1.06. The van der Waals surface area contributed by atoms with Gasteiger partial charge in [0.1, 0.15) is 11.9 Å². The monoisotopic (exact) mass is 383 g/mol. The van der Waals surface area contributed by atoms with E-state index >= 15 is 0 Å². The molecule has 0 amide bonds. The third-order valence-corrected chi connectivity index (χ3v) is 6.96. The van der Waals surface area contributed by atoms with E-state index in [1.54, 1.807) is 24.3 Å². The van der Waals surface area contributed by atoms with Crippen molar-refractivity contribution in [3.05, 3.63) is 64.9 Å². The van der Waals surface area contributed by atoms with Crippen LogP contribution in [-0.4, -0.2) is 38.9 Å². The second-order valence-corrected chi connectivity index (χ2v) is 8.66. The van der Waals surface area contributed by atoms with Crippen LogP contribution in [0.3, 0.4) is 0 Å². The lowest BCUT2D eigenvalue weighted by Crippen LogP contribution is -3.14. The van der Waals surface area contributed by atoms with Gasteiger partial charge in [-0.2, -0.15) is 4.31 Å². The minimum absolute atomic E-state index is 0.195. The van der Waals surface area contributed by atoms with Gasteiger partial charge < -0.3 is 4.90 Å². The number of sulfonamides is 1. The molecule has 1 aliphatic rings. The topological polar surface area (TPSA) is 41.8 Å². The minimum Gasteiger partial charge on any atom is -0.327 e. The molecule has 1 fully saturated rings. The predicted molar refractivity (Wildman–Crippen MR) is 95.7 cm³/mol. The normalized spacial score (nSPS) is 18.2. The first kappa shape index (κ1) is 18.3. The molecule has 2 aromatic carbocycles. The van der Waals surface area contributed by atoms with E-state index in [-0.39, 0.29) is 16.8 Å². The Morgan fingerprint density at radius 3 is 2.16 bits per heavy atom. The molecule has 2 aromatic rings. The molecule has 1 aliphatic heterocycles. The lowest BCUT2D eigenvalue weighted by Gasteiger charge is -2.35. The zero-order valence-electron chi connectivity index (χ0n) is 14.0. The zero-order valence-corrected chi connectivity index (χ0v) is 15.5. The molecule has 0 radical (unpaired) electrons. The Morgan fingerprint density at radius 2 is 1.60 bits per heavy atom. The average Bonchev–Trinajstić information content (AvgIpc) is 2.62. The molecule has 0 unspecified atom stereocenters. The number of quaternary nitrogens is 1. The van der Waals surface area contributed by atoms with Crippen LogP contribution in [-0.2, 0) is 10.0 Å². The van der Waals surface area contributed by atoms with Crippen LogP contribution >= 0.6 is 11.6 Å². The van der Waals surface area contributed by atoms with Crippen molar-refractivity contribution in [1.29, 1.82) is 0 Å². The fourth-order valence-corrected chi connectivity index (χ4v) is 4.76. The predicted octanol–water partition coefficient (Wildman–Crippen LogP) is 2.13. The zero-order chi connectivity index (χ0) is 18.0. The molecule has 1 N–H and O–H groups in total. The third-order valence-electron chi connectivity index (χ3n) is 4.80. The average molecular weight is 384 g/mol. The number of benzene rings is 2. The number of rotatable bonds is 4. The van der Waals surface area contributed by atoms with Crippen LogP contribution in [0, 0.1) is 5.82 Å². The summed E-state index contributed by atoms with van der Waals surface area (Å²) in [4.78, 5) is 1.57. The maximum atomic E-state index is 13.1.